The van der Waals surface area contributed by atoms with Crippen LogP contribution >= 0.6 is 0 Å². The lowest BCUT2D eigenvalue weighted by Gasteiger charge is -2.21. The number of para-hydroxylation sites is 1. The quantitative estimate of drug-likeness (QED) is 0.838. The summed E-state index contributed by atoms with van der Waals surface area (Å²) in [4.78, 5) is 14.7. The number of likely N-dealkylation sites (tertiary alicyclic amines) is 1. The van der Waals surface area contributed by atoms with Gasteiger partial charge in [-0.15, -0.1) is 0 Å². The minimum Gasteiger partial charge on any atom is -0.350 e. The number of sulfonamides is 1. The van der Waals surface area contributed by atoms with Crippen LogP contribution in [0.4, 0.5) is 0 Å². The molecule has 2 aliphatic rings. The summed E-state index contributed by atoms with van der Waals surface area (Å²) < 4.78 is 29.0. The molecule has 0 N–H and O–H groups in total. The highest BCUT2D eigenvalue weighted by atomic mass is 32.2. The molecule has 2 saturated heterocycles. The van der Waals surface area contributed by atoms with Crippen molar-refractivity contribution in [2.75, 3.05) is 26.2 Å². The largest absolute Gasteiger partial charge is 0.350 e. The summed E-state index contributed by atoms with van der Waals surface area (Å²) in [6, 6.07) is 7.79. The van der Waals surface area contributed by atoms with Gasteiger partial charge in [0, 0.05) is 50.3 Å². The molecule has 4 rings (SSSR count). The van der Waals surface area contributed by atoms with Crippen molar-refractivity contribution >= 4 is 26.8 Å². The molecule has 1 atom stereocenters. The van der Waals surface area contributed by atoms with Crippen molar-refractivity contribution in [3.05, 3.63) is 36.0 Å². The smallest absolute Gasteiger partial charge is 0.256 e. The van der Waals surface area contributed by atoms with Crippen molar-refractivity contribution in [1.82, 2.24) is 13.8 Å². The molecule has 0 saturated carbocycles. The fourth-order valence-electron chi connectivity index (χ4n) is 3.99. The van der Waals surface area contributed by atoms with E-state index >= 15 is 0 Å². The van der Waals surface area contributed by atoms with Gasteiger partial charge in [-0.05, 0) is 25.3 Å². The monoisotopic (exact) mass is 361 g/mol. The summed E-state index contributed by atoms with van der Waals surface area (Å²) in [5.41, 5.74) is 1.66. The zero-order valence-electron chi connectivity index (χ0n) is 14.4. The molecule has 1 aromatic heterocycles. The summed E-state index contributed by atoms with van der Waals surface area (Å²) in [6.07, 6.45) is 4.24. The molecule has 3 heterocycles. The number of hydrogen-bond donors (Lipinski definition) is 0. The van der Waals surface area contributed by atoms with Crippen LogP contribution in [-0.4, -0.2) is 59.5 Å². The predicted molar refractivity (Wildman–Crippen MR) is 97.0 cm³/mol. The Kier molecular flexibility index (Phi) is 4.08. The average molecular weight is 361 g/mol. The van der Waals surface area contributed by atoms with Gasteiger partial charge in [-0.2, -0.15) is 0 Å². The summed E-state index contributed by atoms with van der Waals surface area (Å²) >= 11 is 0. The zero-order valence-corrected chi connectivity index (χ0v) is 15.2. The molecule has 1 unspecified atom stereocenters. The molecule has 0 spiro atoms. The third-order valence-corrected chi connectivity index (χ3v) is 7.72. The standard InChI is InChI=1S/C18H23N3O3S/c1-19-13-16(15-6-2-3-7-17(15)19)18(22)20-11-8-14(12-20)25(23,24)21-9-4-5-10-21/h2-3,6-7,13-14H,4-5,8-12H2,1H3. The number of carbonyl (C=O) groups excluding carboxylic acids is 1. The third kappa shape index (κ3) is 2.75. The number of fused-ring (bicyclic) bond motifs is 1. The molecule has 0 bridgehead atoms. The maximum atomic E-state index is 13.0. The van der Waals surface area contributed by atoms with Gasteiger partial charge in [-0.1, -0.05) is 18.2 Å². The normalized spacial score (nSPS) is 22.1. The number of aromatic nitrogens is 1. The highest BCUT2D eigenvalue weighted by molar-refractivity contribution is 7.89. The van der Waals surface area contributed by atoms with E-state index in [0.29, 0.717) is 38.2 Å². The Hall–Kier alpha value is -1.86. The van der Waals surface area contributed by atoms with Crippen LogP contribution in [0.15, 0.2) is 30.5 Å². The second kappa shape index (κ2) is 6.14. The van der Waals surface area contributed by atoms with E-state index in [-0.39, 0.29) is 5.91 Å². The molecular formula is C18H23N3O3S. The van der Waals surface area contributed by atoms with Crippen molar-refractivity contribution in [3.63, 3.8) is 0 Å². The lowest BCUT2D eigenvalue weighted by Crippen LogP contribution is -2.39. The molecule has 7 heteroatoms. The van der Waals surface area contributed by atoms with Crippen LogP contribution in [0.25, 0.3) is 10.9 Å². The van der Waals surface area contributed by atoms with Crippen molar-refractivity contribution < 1.29 is 13.2 Å². The van der Waals surface area contributed by atoms with Gasteiger partial charge in [0.15, 0.2) is 0 Å². The zero-order chi connectivity index (χ0) is 17.6. The first-order chi connectivity index (χ1) is 12.0. The molecule has 2 fully saturated rings. The summed E-state index contributed by atoms with van der Waals surface area (Å²) in [5, 5.41) is 0.449. The number of carbonyl (C=O) groups is 1. The van der Waals surface area contributed by atoms with E-state index in [1.807, 2.05) is 42.1 Å². The van der Waals surface area contributed by atoms with Gasteiger partial charge in [-0.3, -0.25) is 4.79 Å². The topological polar surface area (TPSA) is 62.6 Å². The van der Waals surface area contributed by atoms with E-state index < -0.39 is 15.3 Å². The molecule has 6 nitrogen and oxygen atoms in total. The van der Waals surface area contributed by atoms with Gasteiger partial charge < -0.3 is 9.47 Å². The van der Waals surface area contributed by atoms with Gasteiger partial charge in [0.25, 0.3) is 5.91 Å². The fraction of sp³-hybridized carbons (Fsp3) is 0.500. The third-order valence-electron chi connectivity index (χ3n) is 5.41. The molecule has 134 valence electrons. The van der Waals surface area contributed by atoms with Gasteiger partial charge in [0.1, 0.15) is 0 Å². The number of nitrogens with zero attached hydrogens (tertiary/aromatic N) is 3. The van der Waals surface area contributed by atoms with Crippen LogP contribution in [0.2, 0.25) is 0 Å². The Morgan fingerprint density at radius 3 is 2.60 bits per heavy atom. The van der Waals surface area contributed by atoms with Gasteiger partial charge >= 0.3 is 0 Å². The van der Waals surface area contributed by atoms with E-state index in [2.05, 4.69) is 0 Å². The molecule has 2 aromatic rings. The minimum atomic E-state index is -3.29. The molecular weight excluding hydrogens is 338 g/mol. The Labute approximate surface area is 148 Å². The fourth-order valence-corrected chi connectivity index (χ4v) is 5.95. The highest BCUT2D eigenvalue weighted by Crippen LogP contribution is 2.27. The maximum Gasteiger partial charge on any atom is 0.256 e. The molecule has 25 heavy (non-hydrogen) atoms. The van der Waals surface area contributed by atoms with Crippen LogP contribution < -0.4 is 0 Å². The van der Waals surface area contributed by atoms with Crippen LogP contribution in [0.3, 0.4) is 0 Å². The number of benzene rings is 1. The van der Waals surface area contributed by atoms with E-state index in [1.165, 1.54) is 0 Å². The average Bonchev–Trinajstić information content (AvgIpc) is 3.35. The molecule has 1 amide bonds. The lowest BCUT2D eigenvalue weighted by atomic mass is 10.1. The number of amides is 1. The van der Waals surface area contributed by atoms with Crippen molar-refractivity contribution in [2.24, 2.45) is 7.05 Å². The van der Waals surface area contributed by atoms with Crippen molar-refractivity contribution in [2.45, 2.75) is 24.5 Å². The van der Waals surface area contributed by atoms with E-state index in [4.69, 9.17) is 0 Å². The number of hydrogen-bond acceptors (Lipinski definition) is 3. The van der Waals surface area contributed by atoms with E-state index in [0.717, 1.165) is 23.7 Å². The number of aryl methyl sites for hydroxylation is 1. The molecule has 2 aliphatic heterocycles. The van der Waals surface area contributed by atoms with Gasteiger partial charge in [0.05, 0.1) is 10.8 Å². The van der Waals surface area contributed by atoms with Crippen LogP contribution in [0.1, 0.15) is 29.6 Å². The van der Waals surface area contributed by atoms with Crippen LogP contribution in [-0.2, 0) is 17.1 Å². The van der Waals surface area contributed by atoms with Crippen molar-refractivity contribution in [1.29, 1.82) is 0 Å². The second-order valence-electron chi connectivity index (χ2n) is 6.98. The predicted octanol–water partition coefficient (Wildman–Crippen LogP) is 1.82. The van der Waals surface area contributed by atoms with Crippen LogP contribution in [0.5, 0.6) is 0 Å². The summed E-state index contributed by atoms with van der Waals surface area (Å²) in [7, 11) is -1.37. The maximum absolute atomic E-state index is 13.0. The molecule has 0 radical (unpaired) electrons. The Morgan fingerprint density at radius 2 is 1.84 bits per heavy atom. The van der Waals surface area contributed by atoms with E-state index in [9.17, 15) is 13.2 Å². The lowest BCUT2D eigenvalue weighted by molar-refractivity contribution is 0.0795. The Morgan fingerprint density at radius 1 is 1.12 bits per heavy atom. The Bertz CT molecular complexity index is 913. The van der Waals surface area contributed by atoms with Gasteiger partial charge in [0.2, 0.25) is 10.0 Å². The van der Waals surface area contributed by atoms with Crippen molar-refractivity contribution in [3.8, 4) is 0 Å². The van der Waals surface area contributed by atoms with Crippen LogP contribution in [0, 0.1) is 0 Å². The first-order valence-corrected chi connectivity index (χ1v) is 10.3. The highest BCUT2D eigenvalue weighted by Gasteiger charge is 2.40. The van der Waals surface area contributed by atoms with Gasteiger partial charge in [-0.25, -0.2) is 12.7 Å². The first kappa shape index (κ1) is 16.6. The number of rotatable bonds is 3. The summed E-state index contributed by atoms with van der Waals surface area (Å²) in [6.45, 7) is 2.03. The minimum absolute atomic E-state index is 0.0732. The Balaban J connectivity index is 1.56. The SMILES string of the molecule is Cn1cc(C(=O)N2CCC(S(=O)(=O)N3CCCC3)C2)c2ccccc21. The summed E-state index contributed by atoms with van der Waals surface area (Å²) in [5.74, 6) is -0.0732. The second-order valence-corrected chi connectivity index (χ2v) is 9.20. The molecule has 1 aromatic carbocycles. The first-order valence-electron chi connectivity index (χ1n) is 8.81. The molecule has 0 aliphatic carbocycles. The van der Waals surface area contributed by atoms with E-state index in [1.54, 1.807) is 9.21 Å².